The second-order valence-corrected chi connectivity index (χ2v) is 39.9. The summed E-state index contributed by atoms with van der Waals surface area (Å²) < 4.78 is 6.94. The number of aromatic amines is 1. The number of benzene rings is 14. The van der Waals surface area contributed by atoms with Crippen molar-refractivity contribution in [3.63, 3.8) is 0 Å². The summed E-state index contributed by atoms with van der Waals surface area (Å²) in [6, 6.07) is 142. The largest absolute Gasteiger partial charge is 2.00 e. The average Bonchev–Trinajstić information content (AvgIpc) is 1.50. The van der Waals surface area contributed by atoms with Crippen LogP contribution in [0.3, 0.4) is 0 Å². The van der Waals surface area contributed by atoms with Crippen molar-refractivity contribution in [1.29, 1.82) is 0 Å². The van der Waals surface area contributed by atoms with E-state index in [2.05, 4.69) is 397 Å². The van der Waals surface area contributed by atoms with Gasteiger partial charge in [-0.15, -0.1) is 94.2 Å². The summed E-state index contributed by atoms with van der Waals surface area (Å²) >= 11 is 0. The molecule has 0 amide bonds. The normalized spacial score (nSPS) is 14.1. The van der Waals surface area contributed by atoms with Gasteiger partial charge in [-0.1, -0.05) is 237 Å². The number of carbonyl (C=O) groups is 1. The second kappa shape index (κ2) is 54.9. The Balaban J connectivity index is 0.000000178. The third-order valence-electron chi connectivity index (χ3n) is 23.8. The molecule has 7 heterocycles. The number of allylic oxidation sites excluding steroid dienone is 4. The molecule has 22 rings (SSSR count). The Labute approximate surface area is 891 Å². The summed E-state index contributed by atoms with van der Waals surface area (Å²) in [4.78, 5) is 31.7. The fraction of sp³-hybridized carbons (Fsp3) is 0.123. The molecule has 3 radical (unpaired) electrons. The maximum atomic E-state index is 10.0. The van der Waals surface area contributed by atoms with Gasteiger partial charge in [-0.2, -0.15) is 24.3 Å². The number of anilines is 6. The number of aliphatic hydroxyl groups is 1. The SMILES string of the molecule is C.C.CC(=O)/C=C(/C)O.CN1c2ccccc2N2c3cccc4c3C(C12)C1N(C)c2ccccc2N41.[CH2-]C1=CC=CCC1[N-]c1ccccc1PCC(C)C.[CH2-]c1ccccc1[CH-]c1ccccc1[CH2-].[Cu+2].[Cu].[Cu].[Pt].[c-]1ccccc1-c1ccccn1.c1ccc(-c2nnc(-c3ccccn3)[nH]2)cc1.c1ccc([PH+](c2ccccc2)c2ccccc2Oc2ccccc2[PH+](c2ccccc2)c2ccccc2)cc1. The van der Waals surface area contributed by atoms with Gasteiger partial charge in [-0.25, -0.2) is 50.0 Å². The number of ketones is 1. The number of hydrogen-bond donors (Lipinski definition) is 2. The molecule has 142 heavy (non-hydrogen) atoms. The summed E-state index contributed by atoms with van der Waals surface area (Å²) in [5.41, 5.74) is 20.0. The van der Waals surface area contributed by atoms with E-state index in [1.54, 1.807) is 12.4 Å². The van der Waals surface area contributed by atoms with Gasteiger partial charge in [-0.05, 0) is 171 Å². The minimum absolute atomic E-state index is 0. The first-order valence-corrected chi connectivity index (χ1v) is 50.0. The number of H-pyrrole nitrogens is 1. The van der Waals surface area contributed by atoms with Gasteiger partial charge in [0.15, 0.2) is 28.9 Å². The molecule has 13 nitrogen and oxygen atoms in total. The number of rotatable bonds is 19. The Morgan fingerprint density at radius 1 is 0.507 bits per heavy atom. The molecule has 4 unspecified atom stereocenters. The number of aromatic nitrogens is 5. The van der Waals surface area contributed by atoms with Crippen LogP contribution in [-0.4, -0.2) is 74.7 Å². The molecular weight excluding hydrogens is 2130 g/mol. The third-order valence-corrected chi connectivity index (χ3v) is 31.1. The molecule has 5 aliphatic rings. The van der Waals surface area contributed by atoms with E-state index >= 15 is 0 Å². The van der Waals surface area contributed by atoms with Crippen LogP contribution in [0.4, 0.5) is 39.8 Å². The van der Waals surface area contributed by atoms with Crippen molar-refractivity contribution < 1.29 is 86.9 Å². The molecule has 17 aromatic rings. The third kappa shape index (κ3) is 27.5. The van der Waals surface area contributed by atoms with E-state index in [1.165, 1.54) is 103 Å². The molecule has 0 bridgehead atoms. The van der Waals surface area contributed by atoms with Crippen LogP contribution < -0.4 is 61.5 Å². The molecule has 0 saturated carbocycles. The predicted molar refractivity (Wildman–Crippen MR) is 590 cm³/mol. The van der Waals surface area contributed by atoms with E-state index in [1.807, 2.05) is 127 Å². The first kappa shape index (κ1) is 111. The number of nitrogens with zero attached hydrogens (tertiary/aromatic N) is 9. The van der Waals surface area contributed by atoms with Crippen LogP contribution >= 0.6 is 24.4 Å². The molecule has 0 saturated heterocycles. The molecule has 735 valence electrons. The first-order chi connectivity index (χ1) is 66.6. The summed E-state index contributed by atoms with van der Waals surface area (Å²) in [6.45, 7) is 19.5. The van der Waals surface area contributed by atoms with Gasteiger partial charge in [0.1, 0.15) is 65.7 Å². The summed E-state index contributed by atoms with van der Waals surface area (Å²) in [5, 5.41) is 30.7. The molecule has 4 atom stereocenters. The average molecular weight is 2250 g/mol. The Kier molecular flexibility index (Phi) is 42.9. The van der Waals surface area contributed by atoms with Crippen molar-refractivity contribution in [2.24, 2.45) is 5.92 Å². The van der Waals surface area contributed by atoms with Crippen LogP contribution in [-0.2, 0) is 77.1 Å². The molecule has 2 N–H and O–H groups in total. The smallest absolute Gasteiger partial charge is 0.680 e. The number of likely N-dealkylation sites (N-methyl/N-ethyl adjacent to an activating group) is 2. The van der Waals surface area contributed by atoms with Crippen LogP contribution in [0.15, 0.2) is 448 Å². The maximum Gasteiger partial charge on any atom is 2.00 e. The fourth-order valence-corrected chi connectivity index (χ4v) is 23.9. The van der Waals surface area contributed by atoms with Crippen molar-refractivity contribution >= 4 is 107 Å². The number of carbonyl (C=O) groups excluding carboxylic acids is 1. The Morgan fingerprint density at radius 2 is 0.923 bits per heavy atom. The van der Waals surface area contributed by atoms with Gasteiger partial charge in [0.05, 0.1) is 34.4 Å². The van der Waals surface area contributed by atoms with Crippen molar-refractivity contribution in [1.82, 2.24) is 25.1 Å². The van der Waals surface area contributed by atoms with Crippen LogP contribution in [0.25, 0.3) is 39.5 Å². The molecule has 3 aromatic heterocycles. The number of ether oxygens (including phenoxy) is 1. The molecule has 20 heteroatoms. The van der Waals surface area contributed by atoms with E-state index in [4.69, 9.17) is 15.2 Å². The predicted octanol–water partition coefficient (Wildman–Crippen LogP) is 26.9. The van der Waals surface area contributed by atoms with E-state index in [0.717, 1.165) is 94.3 Å². The van der Waals surface area contributed by atoms with Crippen LogP contribution in [0, 0.1) is 39.2 Å². The zero-order valence-electron chi connectivity index (χ0n) is 78.6. The van der Waals surface area contributed by atoms with Crippen LogP contribution in [0.2, 0.25) is 0 Å². The van der Waals surface area contributed by atoms with Crippen molar-refractivity contribution in [2.45, 2.75) is 73.3 Å². The van der Waals surface area contributed by atoms with E-state index < -0.39 is 15.8 Å². The minimum atomic E-state index is -1.28. The standard InChI is InChI=1S/C36H28OP2.C23H20N4.C17H22NP.C15H13.C13H10N4.C11H8N.C5H8O2.2CH4.3Cu.Pt/c1-5-17-29(18-6-1)38(30-19-7-2-8-20-30)35-27-15-13-25-33(35)37-34-26-14-16-28-36(34)39(31-21-9-3-10-22-31)32-23-11-4-12-24-32;1-24-14-8-3-5-10-16(14)26-18-12-7-13-19-20(18)21(22(24)26)23-25(2)15-9-4-6-11-17(15)27(19)23;1-13(2)12-19-17-11-7-6-10-16(17)18-15-9-5-4-8-14(15)3;1-12-7-3-5-9-14(12)11-15-10-6-4-8-13(15)2;1-2-6-10(7-3-1)12-15-13(17-16-12)11-8-4-5-9-14-11;1-2-6-10(7-3-1)11-8-4-5-9-12-11;1-4(6)3-5(2)7;;;;;;/h1-28H;3-13,21-23H,1-2H3;4-8,10-11,13,15,19H,3,9,12H2,1-2H3;3-11H,1-2H2;1-9H,(H,15,16,17);1-6,8-9H;3,6H,1-2H3;2*1H4;;;;/q;;-2;-3;;-1;;;;;;+2;/p+2/b;;;;;;4-3-;;;;;;. The summed E-state index contributed by atoms with van der Waals surface area (Å²) in [7, 11) is 2.79. The molecule has 0 spiro atoms. The monoisotopic (exact) mass is 2250 g/mol. The number of pyridine rings is 2. The molecule has 1 aliphatic carbocycles. The Bertz CT molecular complexity index is 6460. The number of nitrogens with one attached hydrogen (secondary N) is 1. The summed E-state index contributed by atoms with van der Waals surface area (Å²) in [5.74, 6) is 4.39. The first-order valence-electron chi connectivity index (χ1n) is 45.8. The Morgan fingerprint density at radius 3 is 1.37 bits per heavy atom. The van der Waals surface area contributed by atoms with Gasteiger partial charge >= 0.3 is 17.1 Å². The zero-order valence-corrected chi connectivity index (χ0v) is 86.7. The van der Waals surface area contributed by atoms with Gasteiger partial charge in [0.2, 0.25) is 0 Å². The van der Waals surface area contributed by atoms with E-state index in [-0.39, 0.29) is 105 Å². The van der Waals surface area contributed by atoms with Crippen molar-refractivity contribution in [3.8, 4) is 45.7 Å². The molecule has 4 aliphatic heterocycles. The topological polar surface area (TPSA) is 141 Å². The van der Waals surface area contributed by atoms with E-state index in [9.17, 15) is 4.79 Å². The van der Waals surface area contributed by atoms with Crippen LogP contribution in [0.1, 0.15) is 82.7 Å². The fourth-order valence-electron chi connectivity index (χ4n) is 17.5. The minimum Gasteiger partial charge on any atom is -0.680 e. The zero-order chi connectivity index (χ0) is 94.1. The molecular formula is C122H119Cu3N10O3P3Pt-2. The van der Waals surface area contributed by atoms with E-state index in [0.29, 0.717) is 24.1 Å². The summed E-state index contributed by atoms with van der Waals surface area (Å²) in [6.07, 6.45) is 16.0. The van der Waals surface area contributed by atoms with Crippen molar-refractivity contribution in [2.75, 3.05) is 39.9 Å². The maximum absolute atomic E-state index is 10.0. The number of para-hydroxylation sites is 7. The quantitative estimate of drug-likeness (QED) is 0.0263. The van der Waals surface area contributed by atoms with Gasteiger partial charge in [0.25, 0.3) is 0 Å². The van der Waals surface area contributed by atoms with Gasteiger partial charge < -0.3 is 44.7 Å². The van der Waals surface area contributed by atoms with Crippen LogP contribution in [0.5, 0.6) is 11.5 Å². The molecule has 0 fully saturated rings. The Hall–Kier alpha value is -13.0. The van der Waals surface area contributed by atoms with Gasteiger partial charge in [0, 0.05) is 110 Å². The van der Waals surface area contributed by atoms with Gasteiger partial charge in [-0.3, -0.25) is 20.9 Å². The van der Waals surface area contributed by atoms with Crippen molar-refractivity contribution in [3.05, 3.63) is 515 Å². The second-order valence-electron chi connectivity index (χ2n) is 33.7. The number of hydrogen-bond acceptors (Lipinski definition) is 11. The number of aliphatic hydroxyl groups excluding tert-OH is 1. The molecule has 14 aromatic carbocycles. The number of fused-ring (bicyclic) bond motifs is 10.